The van der Waals surface area contributed by atoms with E-state index in [9.17, 15) is 32.7 Å². The summed E-state index contributed by atoms with van der Waals surface area (Å²) in [5, 5.41) is 14.4. The summed E-state index contributed by atoms with van der Waals surface area (Å²) in [5.41, 5.74) is 0.894. The number of allylic oxidation sites excluding steroid dienone is 1. The topological polar surface area (TPSA) is 95.9 Å². The van der Waals surface area contributed by atoms with Gasteiger partial charge in [0.15, 0.2) is 17.4 Å². The molecule has 0 bridgehead atoms. The van der Waals surface area contributed by atoms with Crippen LogP contribution >= 0.6 is 11.3 Å². The number of rotatable bonds is 8. The molecule has 0 radical (unpaired) electrons. The highest BCUT2D eigenvalue weighted by atomic mass is 32.1. The highest BCUT2D eigenvalue weighted by Gasteiger charge is 2.33. The Morgan fingerprint density at radius 2 is 2.00 bits per heavy atom. The number of hydrogen-bond donors (Lipinski definition) is 2. The van der Waals surface area contributed by atoms with Gasteiger partial charge in [0.2, 0.25) is 5.82 Å². The van der Waals surface area contributed by atoms with Crippen molar-refractivity contribution in [3.05, 3.63) is 93.6 Å². The second-order valence-corrected chi connectivity index (χ2v) is 9.88. The lowest BCUT2D eigenvalue weighted by atomic mass is 9.89. The first-order valence-electron chi connectivity index (χ1n) is 12.0. The van der Waals surface area contributed by atoms with Gasteiger partial charge in [0, 0.05) is 24.6 Å². The van der Waals surface area contributed by atoms with Crippen molar-refractivity contribution < 1.29 is 37.4 Å². The molecule has 1 saturated heterocycles. The van der Waals surface area contributed by atoms with Gasteiger partial charge in [0.25, 0.3) is 11.8 Å². The number of carboxylic acid groups (broad SMARTS) is 1. The minimum Gasteiger partial charge on any atom is -0.491 e. The molecule has 0 aliphatic carbocycles. The van der Waals surface area contributed by atoms with Crippen LogP contribution in [-0.2, 0) is 6.42 Å². The first-order valence-corrected chi connectivity index (χ1v) is 12.9. The molecular formula is C28H25F3N2O5S. The highest BCUT2D eigenvalue weighted by Crippen LogP contribution is 2.38. The van der Waals surface area contributed by atoms with E-state index in [1.54, 1.807) is 29.7 Å². The van der Waals surface area contributed by atoms with E-state index in [0.717, 1.165) is 24.0 Å². The summed E-state index contributed by atoms with van der Waals surface area (Å²) in [6, 6.07) is 7.38. The number of carbonyl (C=O) groups is 3. The predicted octanol–water partition coefficient (Wildman–Crippen LogP) is 5.87. The van der Waals surface area contributed by atoms with Crippen LogP contribution in [0.2, 0.25) is 0 Å². The number of carboxylic acids is 1. The first-order chi connectivity index (χ1) is 18.7. The summed E-state index contributed by atoms with van der Waals surface area (Å²) < 4.78 is 47.2. The van der Waals surface area contributed by atoms with Crippen molar-refractivity contribution in [2.75, 3.05) is 25.5 Å². The molecule has 0 saturated carbocycles. The molecule has 204 valence electrons. The Balaban J connectivity index is 1.58. The van der Waals surface area contributed by atoms with Crippen LogP contribution in [-0.4, -0.2) is 48.0 Å². The standard InChI is InChI=1S/C28H25F3N2O5S/c1-3-6-15-7-4-8-16(11-15)25(34)32-26-21(28(36)37)19(14-39-26)17-9-5-10-33(13-17)27(35)18-12-20(29)23(31)24(38-2)22(18)30/h3-4,7-8,11-12,14,17H,1,5-6,9-10,13H2,2H3,(H,32,34)(H,36,37). The summed E-state index contributed by atoms with van der Waals surface area (Å²) in [6.45, 7) is 3.92. The number of methoxy groups -OCH3 is 1. The summed E-state index contributed by atoms with van der Waals surface area (Å²) in [4.78, 5) is 39.5. The van der Waals surface area contributed by atoms with Crippen LogP contribution in [0.3, 0.4) is 0 Å². The number of carbonyl (C=O) groups excluding carboxylic acids is 2. The normalized spacial score (nSPS) is 15.1. The molecule has 1 aliphatic rings. The van der Waals surface area contributed by atoms with Crippen LogP contribution in [0.1, 0.15) is 61.0 Å². The van der Waals surface area contributed by atoms with Crippen LogP contribution in [0.4, 0.5) is 18.2 Å². The maximum Gasteiger partial charge on any atom is 0.339 e. The van der Waals surface area contributed by atoms with Crippen LogP contribution in [0.5, 0.6) is 5.75 Å². The molecule has 3 aromatic rings. The third kappa shape index (κ3) is 5.68. The summed E-state index contributed by atoms with van der Waals surface area (Å²) in [6.07, 6.45) is 3.27. The van der Waals surface area contributed by atoms with Gasteiger partial charge in [-0.25, -0.2) is 13.6 Å². The van der Waals surface area contributed by atoms with Gasteiger partial charge in [-0.2, -0.15) is 4.39 Å². The van der Waals surface area contributed by atoms with Gasteiger partial charge in [0.05, 0.1) is 18.2 Å². The summed E-state index contributed by atoms with van der Waals surface area (Å²) in [5.74, 6) is -8.29. The van der Waals surface area contributed by atoms with E-state index in [4.69, 9.17) is 0 Å². The zero-order chi connectivity index (χ0) is 28.3. The van der Waals surface area contributed by atoms with E-state index in [0.29, 0.717) is 36.5 Å². The van der Waals surface area contributed by atoms with E-state index >= 15 is 0 Å². The fraction of sp³-hybridized carbons (Fsp3) is 0.250. The number of anilines is 1. The Bertz CT molecular complexity index is 1460. The predicted molar refractivity (Wildman–Crippen MR) is 140 cm³/mol. The zero-order valence-corrected chi connectivity index (χ0v) is 21.7. The van der Waals surface area contributed by atoms with E-state index in [-0.39, 0.29) is 23.7 Å². The fourth-order valence-electron chi connectivity index (χ4n) is 4.67. The molecule has 2 amide bonds. The summed E-state index contributed by atoms with van der Waals surface area (Å²) >= 11 is 1.05. The number of nitrogens with one attached hydrogen (secondary N) is 1. The van der Waals surface area contributed by atoms with Gasteiger partial charge < -0.3 is 20.1 Å². The Labute approximate surface area is 226 Å². The largest absolute Gasteiger partial charge is 0.491 e. The first kappa shape index (κ1) is 27.9. The Hall–Kier alpha value is -4.12. The van der Waals surface area contributed by atoms with E-state index in [1.165, 1.54) is 4.90 Å². The maximum atomic E-state index is 14.7. The number of nitrogens with zero attached hydrogens (tertiary/aromatic N) is 1. The van der Waals surface area contributed by atoms with Crippen molar-refractivity contribution in [3.8, 4) is 5.75 Å². The lowest BCUT2D eigenvalue weighted by Gasteiger charge is -2.33. The minimum atomic E-state index is -1.53. The Morgan fingerprint density at radius 3 is 2.69 bits per heavy atom. The molecule has 4 rings (SSSR count). The van der Waals surface area contributed by atoms with E-state index < -0.39 is 52.5 Å². The lowest BCUT2D eigenvalue weighted by Crippen LogP contribution is -2.39. The number of aromatic carboxylic acids is 1. The van der Waals surface area contributed by atoms with Crippen LogP contribution in [0.25, 0.3) is 0 Å². The SMILES string of the molecule is C=CCc1cccc(C(=O)Nc2scc(C3CCCN(C(=O)c4cc(F)c(F)c(OC)c4F)C3)c2C(=O)O)c1. The monoisotopic (exact) mass is 558 g/mol. The van der Waals surface area contributed by atoms with Crippen LogP contribution in [0, 0.1) is 17.5 Å². The number of ether oxygens (including phenoxy) is 1. The molecule has 11 heteroatoms. The molecule has 1 fully saturated rings. The van der Waals surface area contributed by atoms with E-state index in [1.807, 2.05) is 6.07 Å². The smallest absolute Gasteiger partial charge is 0.339 e. The van der Waals surface area contributed by atoms with Crippen LogP contribution in [0.15, 0.2) is 48.4 Å². The number of hydrogen-bond acceptors (Lipinski definition) is 5. The molecule has 39 heavy (non-hydrogen) atoms. The molecule has 2 N–H and O–H groups in total. The lowest BCUT2D eigenvalue weighted by molar-refractivity contribution is 0.0692. The minimum absolute atomic E-state index is 0.0214. The van der Waals surface area contributed by atoms with Gasteiger partial charge in [-0.1, -0.05) is 18.2 Å². The van der Waals surface area contributed by atoms with Crippen molar-refractivity contribution in [1.82, 2.24) is 4.90 Å². The van der Waals surface area contributed by atoms with Crippen molar-refractivity contribution in [2.24, 2.45) is 0 Å². The molecule has 1 unspecified atom stereocenters. The summed E-state index contributed by atoms with van der Waals surface area (Å²) in [7, 11) is 0.963. The number of benzene rings is 2. The third-order valence-electron chi connectivity index (χ3n) is 6.53. The van der Waals surface area contributed by atoms with Gasteiger partial charge in [-0.05, 0) is 54.0 Å². The second kappa shape index (κ2) is 11.7. The van der Waals surface area contributed by atoms with Crippen molar-refractivity contribution in [2.45, 2.75) is 25.2 Å². The van der Waals surface area contributed by atoms with Crippen LogP contribution < -0.4 is 10.1 Å². The molecule has 1 aliphatic heterocycles. The molecule has 7 nitrogen and oxygen atoms in total. The number of amides is 2. The van der Waals surface area contributed by atoms with Crippen molar-refractivity contribution >= 4 is 34.1 Å². The van der Waals surface area contributed by atoms with Gasteiger partial charge in [0.1, 0.15) is 5.00 Å². The van der Waals surface area contributed by atoms with Crippen molar-refractivity contribution in [3.63, 3.8) is 0 Å². The maximum absolute atomic E-state index is 14.7. The van der Waals surface area contributed by atoms with Gasteiger partial charge >= 0.3 is 5.97 Å². The highest BCUT2D eigenvalue weighted by molar-refractivity contribution is 7.15. The Kier molecular flexibility index (Phi) is 8.39. The quantitative estimate of drug-likeness (QED) is 0.266. The van der Waals surface area contributed by atoms with E-state index in [2.05, 4.69) is 16.6 Å². The molecule has 2 aromatic carbocycles. The average Bonchev–Trinajstić information content (AvgIpc) is 3.35. The molecular weight excluding hydrogens is 533 g/mol. The molecule has 1 atom stereocenters. The number of likely N-dealkylation sites (tertiary alicyclic amines) is 1. The molecule has 2 heterocycles. The number of thiophene rings is 1. The Morgan fingerprint density at radius 1 is 1.23 bits per heavy atom. The molecule has 0 spiro atoms. The van der Waals surface area contributed by atoms with Gasteiger partial charge in [-0.15, -0.1) is 17.9 Å². The van der Waals surface area contributed by atoms with Crippen molar-refractivity contribution in [1.29, 1.82) is 0 Å². The van der Waals surface area contributed by atoms with Gasteiger partial charge in [-0.3, -0.25) is 9.59 Å². The molecule has 1 aromatic heterocycles. The average molecular weight is 559 g/mol. The number of piperidine rings is 1. The third-order valence-corrected chi connectivity index (χ3v) is 7.44. The fourth-order valence-corrected chi connectivity index (χ4v) is 5.70. The number of halogens is 3. The zero-order valence-electron chi connectivity index (χ0n) is 20.9. The second-order valence-electron chi connectivity index (χ2n) is 9.01.